The number of allylic oxidation sites excluding steroid dienone is 2. The van der Waals surface area contributed by atoms with Gasteiger partial charge in [-0.1, -0.05) is 224 Å². The van der Waals surface area contributed by atoms with E-state index in [1.807, 2.05) is 24.3 Å². The number of esters is 1. The number of amides is 1. The molecule has 0 spiro atoms. The van der Waals surface area contributed by atoms with Crippen molar-refractivity contribution in [3.63, 3.8) is 0 Å². The summed E-state index contributed by atoms with van der Waals surface area (Å²) in [4.78, 5) is 27.1. The molecule has 0 unspecified atom stereocenters. The van der Waals surface area contributed by atoms with E-state index in [4.69, 9.17) is 23.7 Å². The molecule has 0 bridgehead atoms. The number of hydrogen-bond donors (Lipinski definition) is 3. The lowest BCUT2D eigenvalue weighted by molar-refractivity contribution is -0.284. The second-order valence-electron chi connectivity index (χ2n) is 20.3. The van der Waals surface area contributed by atoms with Crippen molar-refractivity contribution in [1.82, 2.24) is 5.32 Å². The quantitative estimate of drug-likeness (QED) is 0.0254. The Kier molecular flexibility index (Phi) is 33.5. The maximum atomic E-state index is 13.6. The minimum Gasteiger partial charge on any atom is -0.452 e. The van der Waals surface area contributed by atoms with Gasteiger partial charge in [-0.25, -0.2) is 4.79 Å². The van der Waals surface area contributed by atoms with Crippen molar-refractivity contribution < 1.29 is 43.5 Å². The number of rotatable bonds is 42. The number of ether oxygens (including phenoxy) is 5. The summed E-state index contributed by atoms with van der Waals surface area (Å²) in [6.07, 6.45) is 42.5. The summed E-state index contributed by atoms with van der Waals surface area (Å²) in [5.74, 6) is -1.83. The Morgan fingerprint density at radius 1 is 0.647 bits per heavy atom. The molecule has 2 fully saturated rings. The van der Waals surface area contributed by atoms with Gasteiger partial charge in [0.1, 0.15) is 30.5 Å². The highest BCUT2D eigenvalue weighted by molar-refractivity contribution is 5.90. The van der Waals surface area contributed by atoms with E-state index in [0.29, 0.717) is 5.56 Å². The third-order valence-corrected chi connectivity index (χ3v) is 13.6. The van der Waals surface area contributed by atoms with Crippen LogP contribution < -0.4 is 5.32 Å². The Hall–Kier alpha value is -2.60. The van der Waals surface area contributed by atoms with Crippen LogP contribution >= 0.6 is 0 Å². The van der Waals surface area contributed by atoms with E-state index in [9.17, 15) is 19.8 Å². The van der Waals surface area contributed by atoms with E-state index >= 15 is 0 Å². The summed E-state index contributed by atoms with van der Waals surface area (Å²) < 4.78 is 30.3. The molecule has 3 N–H and O–H groups in total. The molecule has 1 aromatic carbocycles. The van der Waals surface area contributed by atoms with Gasteiger partial charge in [0.15, 0.2) is 12.1 Å². The minimum atomic E-state index is -1.23. The van der Waals surface area contributed by atoms with Crippen LogP contribution in [0.4, 0.5) is 0 Å². The maximum Gasteiger partial charge on any atom is 0.338 e. The number of unbranched alkanes of at least 4 members (excludes halogenated alkanes) is 30. The fourth-order valence-corrected chi connectivity index (χ4v) is 9.50. The van der Waals surface area contributed by atoms with E-state index in [-0.39, 0.29) is 19.1 Å². The highest BCUT2D eigenvalue weighted by Crippen LogP contribution is 2.38. The molecular weight excluding hydrogens is 855 g/mol. The molecule has 0 aliphatic carbocycles. The molecule has 10 heteroatoms. The zero-order chi connectivity index (χ0) is 48.9. The molecule has 10 nitrogen and oxygen atoms in total. The molecule has 0 radical (unpaired) electrons. The van der Waals surface area contributed by atoms with Crippen molar-refractivity contribution in [1.29, 1.82) is 0 Å². The molecule has 0 saturated carbocycles. The van der Waals surface area contributed by atoms with Crippen molar-refractivity contribution in [3.05, 3.63) is 60.2 Å². The molecule has 2 heterocycles. The van der Waals surface area contributed by atoms with E-state index in [1.54, 1.807) is 44.2 Å². The van der Waals surface area contributed by atoms with Crippen LogP contribution in [0.1, 0.15) is 244 Å². The van der Waals surface area contributed by atoms with Gasteiger partial charge in [-0.2, -0.15) is 0 Å². The lowest BCUT2D eigenvalue weighted by Gasteiger charge is -2.39. The van der Waals surface area contributed by atoms with E-state index in [2.05, 4.69) is 19.2 Å². The van der Waals surface area contributed by atoms with Crippen molar-refractivity contribution in [3.8, 4) is 0 Å². The second-order valence-corrected chi connectivity index (χ2v) is 20.3. The van der Waals surface area contributed by atoms with Crippen LogP contribution in [-0.4, -0.2) is 83.9 Å². The van der Waals surface area contributed by atoms with Crippen LogP contribution in [-0.2, 0) is 28.5 Å². The maximum absolute atomic E-state index is 13.6. The number of carbonyl (C=O) groups excluding carboxylic acids is 2. The summed E-state index contributed by atoms with van der Waals surface area (Å²) in [6, 6.07) is 7.97. The zero-order valence-electron chi connectivity index (χ0n) is 43.5. The predicted octanol–water partition coefficient (Wildman–Crippen LogP) is 13.9. The fraction of sp³-hybridized carbons (Fsp3) is 0.793. The third kappa shape index (κ3) is 26.6. The Labute approximate surface area is 414 Å². The molecular formula is C58H99NO9. The van der Waals surface area contributed by atoms with E-state index in [0.717, 1.165) is 38.5 Å². The lowest BCUT2D eigenvalue weighted by Crippen LogP contribution is -2.59. The standard InChI is InChI=1S/C58H99NO9/c1-5-7-9-11-13-15-17-19-20-21-22-23-24-25-26-28-30-32-34-36-41-45-52(61)59-49(47-64-57-53(62)55-54(51(46-60)66-57)67-58(3,4)68-55)50(65-56(63)48-42-38-37-39-43-48)44-40-35-33-31-29-27-18-16-14-12-10-8-6-2/h37-45,49-51,53-55,57,60,62H,5-36,46-47H2,1-4H3,(H,59,61)/t49-,50+,51+,53+,54-,55+,57+/m0/s1. The number of carbonyl (C=O) groups is 2. The highest BCUT2D eigenvalue weighted by Gasteiger charge is 2.55. The zero-order valence-corrected chi connectivity index (χ0v) is 43.5. The van der Waals surface area contributed by atoms with Gasteiger partial charge in [0.25, 0.3) is 0 Å². The molecule has 1 aromatic rings. The summed E-state index contributed by atoms with van der Waals surface area (Å²) in [7, 11) is 0. The number of benzene rings is 1. The van der Waals surface area contributed by atoms with E-state index < -0.39 is 54.6 Å². The largest absolute Gasteiger partial charge is 0.452 e. The van der Waals surface area contributed by atoms with Gasteiger partial charge >= 0.3 is 5.97 Å². The van der Waals surface area contributed by atoms with Crippen LogP contribution in [0.2, 0.25) is 0 Å². The van der Waals surface area contributed by atoms with Crippen molar-refractivity contribution in [2.24, 2.45) is 0 Å². The minimum absolute atomic E-state index is 0.157. The highest BCUT2D eigenvalue weighted by atomic mass is 16.8. The Morgan fingerprint density at radius 3 is 1.56 bits per heavy atom. The van der Waals surface area contributed by atoms with Gasteiger partial charge in [0.2, 0.25) is 5.91 Å². The summed E-state index contributed by atoms with van der Waals surface area (Å²) in [5.41, 5.74) is 0.394. The van der Waals surface area contributed by atoms with Crippen LogP contribution in [0, 0.1) is 0 Å². The molecule has 0 aromatic heterocycles. The Morgan fingerprint density at radius 2 is 1.09 bits per heavy atom. The molecule has 2 aliphatic heterocycles. The SMILES string of the molecule is CCCCCCCCCCCCCC=C[C@@H](OC(=O)c1ccccc1)[C@H](CO[C@@H]1O[C@H](CO)[C@@H]2OC(C)(C)O[C@@H]2[C@H]1O)NC(=O)C=CCCCCCCCCCCCCCCCCCCCCC. The van der Waals surface area contributed by atoms with E-state index in [1.165, 1.54) is 167 Å². The van der Waals surface area contributed by atoms with Crippen LogP contribution in [0.5, 0.6) is 0 Å². The van der Waals surface area contributed by atoms with Gasteiger partial charge in [-0.15, -0.1) is 0 Å². The van der Waals surface area contributed by atoms with Gasteiger partial charge in [-0.05, 0) is 63.8 Å². The Bertz CT molecular complexity index is 1450. The second kappa shape index (κ2) is 38.1. The summed E-state index contributed by atoms with van der Waals surface area (Å²) in [6.45, 7) is 7.51. The van der Waals surface area contributed by atoms with Crippen LogP contribution in [0.25, 0.3) is 0 Å². The molecule has 68 heavy (non-hydrogen) atoms. The number of aliphatic hydroxyl groups is 2. The molecule has 390 valence electrons. The van der Waals surface area contributed by atoms with Gasteiger partial charge in [0, 0.05) is 0 Å². The van der Waals surface area contributed by atoms with Crippen molar-refractivity contribution in [2.75, 3.05) is 13.2 Å². The topological polar surface area (TPSA) is 133 Å². The smallest absolute Gasteiger partial charge is 0.338 e. The van der Waals surface area contributed by atoms with Crippen molar-refractivity contribution >= 4 is 11.9 Å². The first-order chi connectivity index (χ1) is 33.2. The summed E-state index contributed by atoms with van der Waals surface area (Å²) >= 11 is 0. The van der Waals surface area contributed by atoms with Crippen LogP contribution in [0.15, 0.2) is 54.6 Å². The lowest BCUT2D eigenvalue weighted by atomic mass is 9.99. The molecule has 2 aliphatic rings. The monoisotopic (exact) mass is 954 g/mol. The average Bonchev–Trinajstić information content (AvgIpc) is 3.68. The number of hydrogen-bond acceptors (Lipinski definition) is 9. The number of nitrogens with one attached hydrogen (secondary N) is 1. The van der Waals surface area contributed by atoms with Gasteiger partial charge < -0.3 is 39.2 Å². The first kappa shape index (κ1) is 59.7. The molecule has 7 atom stereocenters. The molecule has 2 saturated heterocycles. The first-order valence-corrected chi connectivity index (χ1v) is 28.0. The van der Waals surface area contributed by atoms with Crippen molar-refractivity contribution in [2.45, 2.75) is 282 Å². The Balaban J connectivity index is 1.50. The van der Waals surface area contributed by atoms with Crippen LogP contribution in [0.3, 0.4) is 0 Å². The summed E-state index contributed by atoms with van der Waals surface area (Å²) in [5, 5.41) is 24.6. The normalized spacial score (nSPS) is 21.1. The predicted molar refractivity (Wildman–Crippen MR) is 276 cm³/mol. The number of aliphatic hydroxyl groups excluding tert-OH is 2. The third-order valence-electron chi connectivity index (χ3n) is 13.6. The number of fused-ring (bicyclic) bond motifs is 1. The average molecular weight is 954 g/mol. The fourth-order valence-electron chi connectivity index (χ4n) is 9.50. The van der Waals surface area contributed by atoms with Gasteiger partial charge in [0.05, 0.1) is 24.8 Å². The van der Waals surface area contributed by atoms with Gasteiger partial charge in [-0.3, -0.25) is 4.79 Å². The molecule has 3 rings (SSSR count). The first-order valence-electron chi connectivity index (χ1n) is 28.0. The molecule has 1 amide bonds.